The smallest absolute Gasteiger partial charge is 0.239 e. The lowest BCUT2D eigenvalue weighted by atomic mass is 9.91. The standard InChI is InChI=1S/C18H24N2O3S/c1-2-22-16-11-7-6-10-15(16)18-19-17(23-20-18)13-24(21)12-14-8-4-3-5-9-14/h6-7,10-11,14H,2-5,8-9,12-13H2,1H3/t24-/m1/s1. The van der Waals surface area contributed by atoms with Gasteiger partial charge in [0.15, 0.2) is 0 Å². The molecular formula is C18H24N2O3S. The van der Waals surface area contributed by atoms with Gasteiger partial charge in [-0.15, -0.1) is 0 Å². The van der Waals surface area contributed by atoms with Crippen LogP contribution in [0.25, 0.3) is 11.4 Å². The van der Waals surface area contributed by atoms with E-state index in [0.29, 0.717) is 30.0 Å². The molecule has 1 heterocycles. The lowest BCUT2D eigenvalue weighted by Gasteiger charge is -2.20. The van der Waals surface area contributed by atoms with Crippen LogP contribution in [0.2, 0.25) is 0 Å². The second-order valence-corrected chi connectivity index (χ2v) is 7.70. The maximum Gasteiger partial charge on any atom is 0.239 e. The molecule has 1 aliphatic carbocycles. The Morgan fingerprint density at radius 3 is 2.83 bits per heavy atom. The molecule has 6 heteroatoms. The predicted octanol–water partition coefficient (Wildman–Crippen LogP) is 3.96. The molecule has 1 aliphatic rings. The fourth-order valence-electron chi connectivity index (χ4n) is 3.17. The second kappa shape index (κ2) is 8.42. The highest BCUT2D eigenvalue weighted by atomic mass is 32.2. The molecule has 1 fully saturated rings. The largest absolute Gasteiger partial charge is 0.493 e. The van der Waals surface area contributed by atoms with Gasteiger partial charge in [-0.25, -0.2) is 0 Å². The van der Waals surface area contributed by atoms with Crippen molar-refractivity contribution in [2.75, 3.05) is 12.4 Å². The molecule has 1 saturated carbocycles. The van der Waals surface area contributed by atoms with Crippen molar-refractivity contribution < 1.29 is 13.5 Å². The molecule has 1 aromatic heterocycles. The summed E-state index contributed by atoms with van der Waals surface area (Å²) in [6.07, 6.45) is 6.24. The number of aromatic nitrogens is 2. The first-order valence-electron chi connectivity index (χ1n) is 8.66. The molecule has 0 N–H and O–H groups in total. The summed E-state index contributed by atoms with van der Waals surface area (Å²) in [4.78, 5) is 4.41. The highest BCUT2D eigenvalue weighted by molar-refractivity contribution is 7.84. The molecule has 1 atom stereocenters. The van der Waals surface area contributed by atoms with Gasteiger partial charge in [-0.3, -0.25) is 4.21 Å². The van der Waals surface area contributed by atoms with Gasteiger partial charge >= 0.3 is 0 Å². The molecule has 130 valence electrons. The Bertz CT molecular complexity index is 680. The molecule has 0 saturated heterocycles. The van der Waals surface area contributed by atoms with Crippen LogP contribution in [0.5, 0.6) is 5.75 Å². The quantitative estimate of drug-likeness (QED) is 0.757. The van der Waals surface area contributed by atoms with Gasteiger partial charge in [0.1, 0.15) is 11.5 Å². The van der Waals surface area contributed by atoms with Gasteiger partial charge in [0.25, 0.3) is 0 Å². The Labute approximate surface area is 145 Å². The van der Waals surface area contributed by atoms with Crippen LogP contribution in [0.4, 0.5) is 0 Å². The van der Waals surface area contributed by atoms with Crippen LogP contribution < -0.4 is 4.74 Å². The lowest BCUT2D eigenvalue weighted by molar-refractivity contribution is 0.341. The Hall–Kier alpha value is -1.69. The predicted molar refractivity (Wildman–Crippen MR) is 94.2 cm³/mol. The normalized spacial score (nSPS) is 16.9. The zero-order valence-corrected chi connectivity index (χ0v) is 14.9. The van der Waals surface area contributed by atoms with Crippen LogP contribution in [0.1, 0.15) is 44.9 Å². The number of nitrogens with zero attached hydrogens (tertiary/aromatic N) is 2. The zero-order chi connectivity index (χ0) is 16.8. The Balaban J connectivity index is 1.64. The van der Waals surface area contributed by atoms with Crippen molar-refractivity contribution in [1.82, 2.24) is 10.1 Å². The average Bonchev–Trinajstić information content (AvgIpc) is 3.04. The van der Waals surface area contributed by atoms with Crippen molar-refractivity contribution in [3.8, 4) is 17.1 Å². The van der Waals surface area contributed by atoms with Gasteiger partial charge in [-0.1, -0.05) is 36.6 Å². The van der Waals surface area contributed by atoms with Gasteiger partial charge in [0, 0.05) is 16.6 Å². The Kier molecular flexibility index (Phi) is 6.01. The van der Waals surface area contributed by atoms with E-state index in [1.807, 2.05) is 31.2 Å². The molecule has 5 nitrogen and oxygen atoms in total. The number of hydrogen-bond acceptors (Lipinski definition) is 5. The van der Waals surface area contributed by atoms with Crippen LogP contribution >= 0.6 is 0 Å². The topological polar surface area (TPSA) is 65.2 Å². The van der Waals surface area contributed by atoms with E-state index < -0.39 is 10.8 Å². The van der Waals surface area contributed by atoms with Gasteiger partial charge < -0.3 is 9.26 Å². The zero-order valence-electron chi connectivity index (χ0n) is 14.1. The highest BCUT2D eigenvalue weighted by Crippen LogP contribution is 2.28. The summed E-state index contributed by atoms with van der Waals surface area (Å²) in [6, 6.07) is 7.61. The third-order valence-corrected chi connectivity index (χ3v) is 5.74. The van der Waals surface area contributed by atoms with E-state index in [0.717, 1.165) is 17.1 Å². The van der Waals surface area contributed by atoms with E-state index in [-0.39, 0.29) is 0 Å². The van der Waals surface area contributed by atoms with Crippen LogP contribution in [0.15, 0.2) is 28.8 Å². The van der Waals surface area contributed by atoms with Crippen molar-refractivity contribution in [2.24, 2.45) is 5.92 Å². The van der Waals surface area contributed by atoms with Crippen LogP contribution in [-0.4, -0.2) is 26.7 Å². The Morgan fingerprint density at radius 1 is 1.25 bits per heavy atom. The SMILES string of the molecule is CCOc1ccccc1-c1noc(C[S@](=O)CC2CCCCC2)n1. The molecule has 1 aromatic carbocycles. The van der Waals surface area contributed by atoms with E-state index in [9.17, 15) is 4.21 Å². The summed E-state index contributed by atoms with van der Waals surface area (Å²) < 4.78 is 23.3. The second-order valence-electron chi connectivity index (χ2n) is 6.20. The molecule has 2 aromatic rings. The molecule has 0 aliphatic heterocycles. The first-order chi connectivity index (χ1) is 11.8. The van der Waals surface area contributed by atoms with E-state index in [2.05, 4.69) is 10.1 Å². The van der Waals surface area contributed by atoms with E-state index >= 15 is 0 Å². The summed E-state index contributed by atoms with van der Waals surface area (Å²) in [7, 11) is -0.948. The molecule has 3 rings (SSSR count). The van der Waals surface area contributed by atoms with Gasteiger partial charge in [0.2, 0.25) is 11.7 Å². The Morgan fingerprint density at radius 2 is 2.04 bits per heavy atom. The summed E-state index contributed by atoms with van der Waals surface area (Å²) >= 11 is 0. The summed E-state index contributed by atoms with van der Waals surface area (Å²) in [5.74, 6) is 3.32. The fraction of sp³-hybridized carbons (Fsp3) is 0.556. The van der Waals surface area contributed by atoms with Crippen LogP contribution in [-0.2, 0) is 16.6 Å². The number of rotatable bonds is 7. The third-order valence-electron chi connectivity index (χ3n) is 4.33. The van der Waals surface area contributed by atoms with Crippen molar-refractivity contribution in [3.05, 3.63) is 30.2 Å². The molecule has 0 unspecified atom stereocenters. The molecule has 0 radical (unpaired) electrons. The van der Waals surface area contributed by atoms with Crippen molar-refractivity contribution in [2.45, 2.75) is 44.8 Å². The van der Waals surface area contributed by atoms with E-state index in [1.54, 1.807) is 0 Å². The minimum absolute atomic E-state index is 0.334. The van der Waals surface area contributed by atoms with Crippen molar-refractivity contribution >= 4 is 10.8 Å². The van der Waals surface area contributed by atoms with Crippen LogP contribution in [0.3, 0.4) is 0 Å². The molecule has 0 bridgehead atoms. The number of benzene rings is 1. The first-order valence-corrected chi connectivity index (χ1v) is 10.1. The molecule has 24 heavy (non-hydrogen) atoms. The maximum atomic E-state index is 12.4. The summed E-state index contributed by atoms with van der Waals surface area (Å²) in [5, 5.41) is 4.03. The fourth-order valence-corrected chi connectivity index (χ4v) is 4.54. The molecule has 0 spiro atoms. The van der Waals surface area contributed by atoms with Crippen molar-refractivity contribution in [3.63, 3.8) is 0 Å². The first kappa shape index (κ1) is 17.1. The van der Waals surface area contributed by atoms with Crippen LogP contribution in [0, 0.1) is 5.92 Å². The number of ether oxygens (including phenoxy) is 1. The average molecular weight is 348 g/mol. The number of para-hydroxylation sites is 1. The minimum Gasteiger partial charge on any atom is -0.493 e. The highest BCUT2D eigenvalue weighted by Gasteiger charge is 2.19. The van der Waals surface area contributed by atoms with Gasteiger partial charge in [-0.05, 0) is 37.8 Å². The lowest BCUT2D eigenvalue weighted by Crippen LogP contribution is -2.15. The maximum absolute atomic E-state index is 12.4. The van der Waals surface area contributed by atoms with Crippen molar-refractivity contribution in [1.29, 1.82) is 0 Å². The monoisotopic (exact) mass is 348 g/mol. The summed E-state index contributed by atoms with van der Waals surface area (Å²) in [6.45, 7) is 2.51. The minimum atomic E-state index is -0.948. The number of hydrogen-bond donors (Lipinski definition) is 0. The van der Waals surface area contributed by atoms with Gasteiger partial charge in [0.05, 0.1) is 12.2 Å². The summed E-state index contributed by atoms with van der Waals surface area (Å²) in [5.41, 5.74) is 0.799. The van der Waals surface area contributed by atoms with Gasteiger partial charge in [-0.2, -0.15) is 4.98 Å². The molecular weight excluding hydrogens is 324 g/mol. The van der Waals surface area contributed by atoms with E-state index in [4.69, 9.17) is 9.26 Å². The van der Waals surface area contributed by atoms with E-state index in [1.165, 1.54) is 32.1 Å². The third kappa shape index (κ3) is 4.44. The molecule has 0 amide bonds.